The Labute approximate surface area is 55.8 Å². The average Bonchev–Trinajstić information content (AvgIpc) is 1.84. The summed E-state index contributed by atoms with van der Waals surface area (Å²) in [5.74, 6) is 0. The van der Waals surface area contributed by atoms with Crippen molar-refractivity contribution in [3.63, 3.8) is 0 Å². The predicted octanol–water partition coefficient (Wildman–Crippen LogP) is 0.0802. The van der Waals surface area contributed by atoms with Crippen LogP contribution in [0.15, 0.2) is 0 Å². The lowest BCUT2D eigenvalue weighted by Gasteiger charge is -2.19. The number of ether oxygens (including phenoxy) is 1. The van der Waals surface area contributed by atoms with E-state index in [-0.39, 0.29) is 0 Å². The standard InChI is InChI=1S/C6H15NO2/c1-3-6(7,8)4-5-9-2/h8H,3-5,7H2,1-2H3. The van der Waals surface area contributed by atoms with E-state index in [1.54, 1.807) is 7.11 Å². The van der Waals surface area contributed by atoms with E-state index in [9.17, 15) is 0 Å². The second-order valence-corrected chi connectivity index (χ2v) is 2.20. The van der Waals surface area contributed by atoms with Crippen LogP contribution in [-0.4, -0.2) is 24.5 Å². The van der Waals surface area contributed by atoms with Gasteiger partial charge in [-0.15, -0.1) is 0 Å². The molecule has 0 aromatic heterocycles. The van der Waals surface area contributed by atoms with Crippen molar-refractivity contribution < 1.29 is 9.84 Å². The molecule has 0 fully saturated rings. The molecule has 0 aromatic rings. The number of hydrogen-bond donors (Lipinski definition) is 2. The van der Waals surface area contributed by atoms with E-state index >= 15 is 0 Å². The molecule has 3 heteroatoms. The minimum Gasteiger partial charge on any atom is -0.385 e. The molecule has 56 valence electrons. The van der Waals surface area contributed by atoms with Crippen LogP contribution in [0, 0.1) is 0 Å². The highest BCUT2D eigenvalue weighted by atomic mass is 16.5. The van der Waals surface area contributed by atoms with Gasteiger partial charge in [-0.2, -0.15) is 0 Å². The largest absolute Gasteiger partial charge is 0.385 e. The topological polar surface area (TPSA) is 55.5 Å². The Bertz CT molecular complexity index is 73.5. The van der Waals surface area contributed by atoms with Gasteiger partial charge < -0.3 is 15.6 Å². The fourth-order valence-corrected chi connectivity index (χ4v) is 0.456. The summed E-state index contributed by atoms with van der Waals surface area (Å²) in [4.78, 5) is 0. The summed E-state index contributed by atoms with van der Waals surface area (Å²) in [6.45, 7) is 2.36. The number of rotatable bonds is 4. The maximum Gasteiger partial charge on any atom is 0.115 e. The van der Waals surface area contributed by atoms with E-state index in [2.05, 4.69) is 0 Å². The molecule has 0 amide bonds. The van der Waals surface area contributed by atoms with Crippen LogP contribution < -0.4 is 5.73 Å². The molecule has 0 spiro atoms. The van der Waals surface area contributed by atoms with Crippen LogP contribution in [0.2, 0.25) is 0 Å². The number of methoxy groups -OCH3 is 1. The third-order valence-corrected chi connectivity index (χ3v) is 1.35. The van der Waals surface area contributed by atoms with E-state index < -0.39 is 5.72 Å². The summed E-state index contributed by atoms with van der Waals surface area (Å²) in [7, 11) is 1.59. The summed E-state index contributed by atoms with van der Waals surface area (Å²) >= 11 is 0. The second kappa shape index (κ2) is 3.82. The Morgan fingerprint density at radius 1 is 1.67 bits per heavy atom. The Morgan fingerprint density at radius 2 is 2.22 bits per heavy atom. The van der Waals surface area contributed by atoms with Gasteiger partial charge in [0, 0.05) is 13.5 Å². The highest BCUT2D eigenvalue weighted by Crippen LogP contribution is 2.05. The molecule has 0 rings (SSSR count). The molecule has 1 atom stereocenters. The normalized spacial score (nSPS) is 17.3. The van der Waals surface area contributed by atoms with Gasteiger partial charge in [0.25, 0.3) is 0 Å². The first-order chi connectivity index (χ1) is 4.12. The van der Waals surface area contributed by atoms with Crippen molar-refractivity contribution in [2.45, 2.75) is 25.5 Å². The summed E-state index contributed by atoms with van der Waals surface area (Å²) in [6, 6.07) is 0. The fraction of sp³-hybridized carbons (Fsp3) is 1.00. The van der Waals surface area contributed by atoms with Crippen LogP contribution in [0.5, 0.6) is 0 Å². The smallest absolute Gasteiger partial charge is 0.115 e. The van der Waals surface area contributed by atoms with E-state index in [1.165, 1.54) is 0 Å². The zero-order chi connectivity index (χ0) is 7.33. The maximum atomic E-state index is 9.15. The van der Waals surface area contributed by atoms with Gasteiger partial charge in [-0.1, -0.05) is 6.92 Å². The lowest BCUT2D eigenvalue weighted by molar-refractivity contribution is 0.0105. The summed E-state index contributed by atoms with van der Waals surface area (Å²) in [6.07, 6.45) is 1.07. The number of nitrogens with two attached hydrogens (primary N) is 1. The Hall–Kier alpha value is -0.120. The molecule has 0 bridgehead atoms. The predicted molar refractivity (Wildman–Crippen MR) is 35.9 cm³/mol. The number of hydrogen-bond acceptors (Lipinski definition) is 3. The molecule has 0 aromatic carbocycles. The molecule has 0 saturated heterocycles. The van der Waals surface area contributed by atoms with Gasteiger partial charge >= 0.3 is 0 Å². The SMILES string of the molecule is CCC(N)(O)CCOC. The molecule has 0 aliphatic heterocycles. The molecule has 9 heavy (non-hydrogen) atoms. The van der Waals surface area contributed by atoms with Gasteiger partial charge in [-0.3, -0.25) is 0 Å². The maximum absolute atomic E-state index is 9.15. The highest BCUT2D eigenvalue weighted by molar-refractivity contribution is 4.66. The quantitative estimate of drug-likeness (QED) is 0.534. The zero-order valence-corrected chi connectivity index (χ0v) is 6.05. The molecule has 0 radical (unpaired) electrons. The molecule has 3 N–H and O–H groups in total. The molecule has 1 unspecified atom stereocenters. The van der Waals surface area contributed by atoms with E-state index in [4.69, 9.17) is 15.6 Å². The van der Waals surface area contributed by atoms with E-state index in [1.807, 2.05) is 6.92 Å². The molecule has 0 heterocycles. The van der Waals surface area contributed by atoms with Gasteiger partial charge in [0.1, 0.15) is 5.72 Å². The Morgan fingerprint density at radius 3 is 2.56 bits per heavy atom. The molecule has 0 saturated carbocycles. The van der Waals surface area contributed by atoms with Crippen LogP contribution in [0.3, 0.4) is 0 Å². The Balaban J connectivity index is 3.33. The van der Waals surface area contributed by atoms with E-state index in [0.29, 0.717) is 19.4 Å². The minimum absolute atomic E-state index is 0.500. The van der Waals surface area contributed by atoms with Crippen molar-refractivity contribution in [2.75, 3.05) is 13.7 Å². The van der Waals surface area contributed by atoms with Crippen molar-refractivity contribution >= 4 is 0 Å². The minimum atomic E-state index is -1.03. The van der Waals surface area contributed by atoms with Gasteiger partial charge in [0.15, 0.2) is 0 Å². The monoisotopic (exact) mass is 133 g/mol. The molecule has 3 nitrogen and oxygen atoms in total. The van der Waals surface area contributed by atoms with Gasteiger partial charge in [-0.05, 0) is 6.42 Å². The fourth-order valence-electron chi connectivity index (χ4n) is 0.456. The summed E-state index contributed by atoms with van der Waals surface area (Å²) < 4.78 is 4.74. The van der Waals surface area contributed by atoms with Crippen molar-refractivity contribution in [2.24, 2.45) is 5.73 Å². The molecular formula is C6H15NO2. The van der Waals surface area contributed by atoms with Gasteiger partial charge in [0.2, 0.25) is 0 Å². The van der Waals surface area contributed by atoms with Crippen molar-refractivity contribution in [3.05, 3.63) is 0 Å². The van der Waals surface area contributed by atoms with Crippen molar-refractivity contribution in [3.8, 4) is 0 Å². The van der Waals surface area contributed by atoms with Crippen molar-refractivity contribution in [1.82, 2.24) is 0 Å². The first kappa shape index (κ1) is 8.88. The van der Waals surface area contributed by atoms with Crippen LogP contribution in [0.1, 0.15) is 19.8 Å². The van der Waals surface area contributed by atoms with E-state index in [0.717, 1.165) is 0 Å². The molecule has 0 aliphatic rings. The highest BCUT2D eigenvalue weighted by Gasteiger charge is 2.16. The average molecular weight is 133 g/mol. The van der Waals surface area contributed by atoms with Gasteiger partial charge in [0.05, 0.1) is 6.61 Å². The van der Waals surface area contributed by atoms with Crippen molar-refractivity contribution in [1.29, 1.82) is 0 Å². The first-order valence-electron chi connectivity index (χ1n) is 3.12. The summed E-state index contributed by atoms with van der Waals surface area (Å²) in [5, 5.41) is 9.15. The second-order valence-electron chi connectivity index (χ2n) is 2.20. The third-order valence-electron chi connectivity index (χ3n) is 1.35. The third kappa shape index (κ3) is 4.39. The first-order valence-corrected chi connectivity index (χ1v) is 3.12. The van der Waals surface area contributed by atoms with Crippen LogP contribution in [0.25, 0.3) is 0 Å². The van der Waals surface area contributed by atoms with Crippen LogP contribution in [-0.2, 0) is 4.74 Å². The molecule has 0 aliphatic carbocycles. The number of aliphatic hydroxyl groups is 1. The lowest BCUT2D eigenvalue weighted by Crippen LogP contribution is -2.39. The van der Waals surface area contributed by atoms with Crippen LogP contribution in [0.4, 0.5) is 0 Å². The Kier molecular flexibility index (Phi) is 3.77. The summed E-state index contributed by atoms with van der Waals surface area (Å²) in [5.41, 5.74) is 4.35. The van der Waals surface area contributed by atoms with Gasteiger partial charge in [-0.25, -0.2) is 0 Å². The lowest BCUT2D eigenvalue weighted by atomic mass is 10.1. The van der Waals surface area contributed by atoms with Crippen LogP contribution >= 0.6 is 0 Å². The zero-order valence-electron chi connectivity index (χ0n) is 6.05. The molecular weight excluding hydrogens is 118 g/mol.